The Bertz CT molecular complexity index is 670. The van der Waals surface area contributed by atoms with Crippen molar-refractivity contribution in [2.45, 2.75) is 0 Å². The highest BCUT2D eigenvalue weighted by molar-refractivity contribution is 6.04. The number of methoxy groups -OCH3 is 2. The summed E-state index contributed by atoms with van der Waals surface area (Å²) in [7, 11) is 2.71. The first kappa shape index (κ1) is 14.2. The van der Waals surface area contributed by atoms with Crippen LogP contribution in [0.2, 0.25) is 0 Å². The van der Waals surface area contributed by atoms with Crippen LogP contribution in [0.5, 0.6) is 11.5 Å². The van der Waals surface area contributed by atoms with Crippen LogP contribution >= 0.6 is 0 Å². The van der Waals surface area contributed by atoms with Crippen molar-refractivity contribution in [1.29, 1.82) is 0 Å². The zero-order chi connectivity index (χ0) is 15.4. The SMILES string of the molecule is COc1cc(C(=O)Nn2cnnc2)c([N+](=O)[O-])cc1OC. The second-order valence-corrected chi connectivity index (χ2v) is 3.79. The van der Waals surface area contributed by atoms with Crippen LogP contribution in [0.3, 0.4) is 0 Å². The molecule has 21 heavy (non-hydrogen) atoms. The zero-order valence-electron chi connectivity index (χ0n) is 11.1. The predicted octanol–water partition coefficient (Wildman–Crippen LogP) is 0.587. The second-order valence-electron chi connectivity index (χ2n) is 3.79. The molecule has 0 bridgehead atoms. The smallest absolute Gasteiger partial charge is 0.286 e. The molecule has 10 heteroatoms. The summed E-state index contributed by atoms with van der Waals surface area (Å²) in [5, 5.41) is 18.1. The third-order valence-electron chi connectivity index (χ3n) is 2.59. The van der Waals surface area contributed by atoms with Crippen molar-refractivity contribution in [2.75, 3.05) is 19.6 Å². The molecule has 0 aliphatic rings. The van der Waals surface area contributed by atoms with Crippen LogP contribution in [-0.2, 0) is 0 Å². The number of nitro groups is 1. The highest BCUT2D eigenvalue weighted by atomic mass is 16.6. The van der Waals surface area contributed by atoms with E-state index in [1.807, 2.05) is 0 Å². The molecule has 1 aromatic carbocycles. The number of rotatable bonds is 5. The summed E-state index contributed by atoms with van der Waals surface area (Å²) in [5.41, 5.74) is 1.80. The van der Waals surface area contributed by atoms with Crippen molar-refractivity contribution in [2.24, 2.45) is 0 Å². The molecule has 0 saturated carbocycles. The first-order valence-corrected chi connectivity index (χ1v) is 5.63. The van der Waals surface area contributed by atoms with Gasteiger partial charge in [0.1, 0.15) is 18.2 Å². The zero-order valence-corrected chi connectivity index (χ0v) is 11.1. The van der Waals surface area contributed by atoms with Crippen molar-refractivity contribution in [3.05, 3.63) is 40.5 Å². The van der Waals surface area contributed by atoms with Gasteiger partial charge in [-0.05, 0) is 0 Å². The summed E-state index contributed by atoms with van der Waals surface area (Å²) < 4.78 is 11.2. The summed E-state index contributed by atoms with van der Waals surface area (Å²) in [6.07, 6.45) is 2.48. The second kappa shape index (κ2) is 5.86. The van der Waals surface area contributed by atoms with Crippen LogP contribution < -0.4 is 14.9 Å². The monoisotopic (exact) mass is 293 g/mol. The van der Waals surface area contributed by atoms with Gasteiger partial charge in [0, 0.05) is 6.07 Å². The van der Waals surface area contributed by atoms with E-state index >= 15 is 0 Å². The molecular formula is C11H11N5O5. The Morgan fingerprint density at radius 2 is 1.81 bits per heavy atom. The van der Waals surface area contributed by atoms with Crippen LogP contribution in [0, 0.1) is 10.1 Å². The lowest BCUT2D eigenvalue weighted by Crippen LogP contribution is -2.22. The molecule has 1 aromatic heterocycles. The summed E-state index contributed by atoms with van der Waals surface area (Å²) in [4.78, 5) is 22.5. The van der Waals surface area contributed by atoms with E-state index < -0.39 is 16.5 Å². The Morgan fingerprint density at radius 3 is 2.33 bits per heavy atom. The number of nitro benzene ring substituents is 1. The number of nitrogens with one attached hydrogen (secondary N) is 1. The van der Waals surface area contributed by atoms with Gasteiger partial charge in [0.25, 0.3) is 11.6 Å². The van der Waals surface area contributed by atoms with Crippen molar-refractivity contribution >= 4 is 11.6 Å². The van der Waals surface area contributed by atoms with E-state index in [4.69, 9.17) is 9.47 Å². The molecule has 2 rings (SSSR count). The van der Waals surface area contributed by atoms with Crippen molar-refractivity contribution in [3.8, 4) is 11.5 Å². The standard InChI is InChI=1S/C11H11N5O5/c1-20-9-3-7(8(16(18)19)4-10(9)21-2)11(17)14-15-5-12-13-6-15/h3-6H,1-2H3,(H,14,17). The number of benzene rings is 1. The average molecular weight is 293 g/mol. The number of aromatic nitrogens is 3. The van der Waals surface area contributed by atoms with E-state index in [-0.39, 0.29) is 17.1 Å². The maximum absolute atomic E-state index is 12.1. The van der Waals surface area contributed by atoms with Gasteiger partial charge in [-0.3, -0.25) is 20.3 Å². The van der Waals surface area contributed by atoms with E-state index in [1.165, 1.54) is 37.6 Å². The topological polar surface area (TPSA) is 121 Å². The van der Waals surface area contributed by atoms with Gasteiger partial charge in [-0.15, -0.1) is 10.2 Å². The summed E-state index contributed by atoms with van der Waals surface area (Å²) in [6.45, 7) is 0. The molecule has 10 nitrogen and oxygen atoms in total. The molecule has 0 saturated heterocycles. The first-order chi connectivity index (χ1) is 10.1. The fraction of sp³-hybridized carbons (Fsp3) is 0.182. The Hall–Kier alpha value is -3.17. The minimum Gasteiger partial charge on any atom is -0.493 e. The summed E-state index contributed by atoms with van der Waals surface area (Å²) in [6, 6.07) is 2.36. The molecule has 0 aliphatic heterocycles. The minimum atomic E-state index is -0.706. The van der Waals surface area contributed by atoms with Crippen molar-refractivity contribution < 1.29 is 19.2 Å². The van der Waals surface area contributed by atoms with Gasteiger partial charge in [-0.1, -0.05) is 0 Å². The normalized spacial score (nSPS) is 10.0. The van der Waals surface area contributed by atoms with Gasteiger partial charge in [0.15, 0.2) is 11.5 Å². The fourth-order valence-corrected chi connectivity index (χ4v) is 1.64. The molecule has 0 fully saturated rings. The quantitative estimate of drug-likeness (QED) is 0.632. The van der Waals surface area contributed by atoms with Gasteiger partial charge in [-0.2, -0.15) is 0 Å². The third-order valence-corrected chi connectivity index (χ3v) is 2.59. The molecule has 1 N–H and O–H groups in total. The number of hydrogen-bond acceptors (Lipinski definition) is 7. The van der Waals surface area contributed by atoms with Crippen LogP contribution in [0.25, 0.3) is 0 Å². The number of hydrogen-bond donors (Lipinski definition) is 1. The maximum Gasteiger partial charge on any atom is 0.286 e. The molecule has 2 aromatic rings. The van der Waals surface area contributed by atoms with Crippen LogP contribution in [0.15, 0.2) is 24.8 Å². The van der Waals surface area contributed by atoms with E-state index in [0.29, 0.717) is 0 Å². The van der Waals surface area contributed by atoms with E-state index in [1.54, 1.807) is 0 Å². The molecule has 1 heterocycles. The largest absolute Gasteiger partial charge is 0.493 e. The van der Waals surface area contributed by atoms with E-state index in [0.717, 1.165) is 6.07 Å². The predicted molar refractivity (Wildman–Crippen MR) is 69.9 cm³/mol. The lowest BCUT2D eigenvalue weighted by atomic mass is 10.1. The van der Waals surface area contributed by atoms with Gasteiger partial charge in [0.05, 0.1) is 25.2 Å². The highest BCUT2D eigenvalue weighted by Gasteiger charge is 2.24. The summed E-state index contributed by atoms with van der Waals surface area (Å²) in [5.74, 6) is -0.343. The molecule has 0 spiro atoms. The Kier molecular flexibility index (Phi) is 3.97. The Morgan fingerprint density at radius 1 is 1.24 bits per heavy atom. The molecule has 0 aliphatic carbocycles. The van der Waals surface area contributed by atoms with Crippen LogP contribution in [0.1, 0.15) is 10.4 Å². The number of ether oxygens (including phenoxy) is 2. The molecule has 0 unspecified atom stereocenters. The molecule has 0 atom stereocenters. The molecule has 110 valence electrons. The molecule has 1 amide bonds. The average Bonchev–Trinajstić information content (AvgIpc) is 2.98. The van der Waals surface area contributed by atoms with Gasteiger partial charge < -0.3 is 9.47 Å². The van der Waals surface area contributed by atoms with Crippen LogP contribution in [0.4, 0.5) is 5.69 Å². The van der Waals surface area contributed by atoms with Crippen molar-refractivity contribution in [1.82, 2.24) is 14.9 Å². The Labute approximate surface area is 118 Å². The van der Waals surface area contributed by atoms with E-state index in [9.17, 15) is 14.9 Å². The summed E-state index contributed by atoms with van der Waals surface area (Å²) >= 11 is 0. The number of amides is 1. The van der Waals surface area contributed by atoms with Gasteiger partial charge >= 0.3 is 0 Å². The lowest BCUT2D eigenvalue weighted by molar-refractivity contribution is -0.385. The minimum absolute atomic E-state index is 0.157. The lowest BCUT2D eigenvalue weighted by Gasteiger charge is -2.10. The third kappa shape index (κ3) is 2.88. The highest BCUT2D eigenvalue weighted by Crippen LogP contribution is 2.34. The van der Waals surface area contributed by atoms with E-state index in [2.05, 4.69) is 15.6 Å². The maximum atomic E-state index is 12.1. The molecule has 0 radical (unpaired) electrons. The Balaban J connectivity index is 2.45. The fourth-order valence-electron chi connectivity index (χ4n) is 1.64. The van der Waals surface area contributed by atoms with Gasteiger partial charge in [-0.25, -0.2) is 4.68 Å². The number of carbonyl (C=O) groups is 1. The molecular weight excluding hydrogens is 282 g/mol. The number of nitrogens with zero attached hydrogens (tertiary/aromatic N) is 4. The first-order valence-electron chi connectivity index (χ1n) is 5.63. The number of carbonyl (C=O) groups excluding carboxylic acids is 1. The van der Waals surface area contributed by atoms with Gasteiger partial charge in [0.2, 0.25) is 0 Å². The van der Waals surface area contributed by atoms with Crippen molar-refractivity contribution in [3.63, 3.8) is 0 Å². The van der Waals surface area contributed by atoms with Crippen LogP contribution in [-0.4, -0.2) is 39.9 Å².